The first-order valence-electron chi connectivity index (χ1n) is 27.0. The van der Waals surface area contributed by atoms with Gasteiger partial charge < -0.3 is 9.13 Å². The summed E-state index contributed by atoms with van der Waals surface area (Å²) in [4.78, 5) is 5.82. The molecule has 0 saturated heterocycles. The SMILES string of the molecule is CCC(C)/C(=C\C(=C/C(C)c1ccccc1)n1c2ccccc2c2cc3c(cc21)c1c(n3-c2cccc(-n3c4c(c5ccccc53)CCc3c-4n(-c4ccccc4)c4ccccc34)n2)CCCC1)c1ccccc1. The van der Waals surface area contributed by atoms with Crippen LogP contribution in [0.4, 0.5) is 0 Å². The highest BCUT2D eigenvalue weighted by molar-refractivity contribution is 6.15. The minimum Gasteiger partial charge on any atom is -0.310 e. The first-order chi connectivity index (χ1) is 36.5. The lowest BCUT2D eigenvalue weighted by Gasteiger charge is -2.21. The molecule has 360 valence electrons. The van der Waals surface area contributed by atoms with Crippen LogP contribution in [0.5, 0.6) is 0 Å². The Morgan fingerprint density at radius 3 is 1.76 bits per heavy atom. The van der Waals surface area contributed by atoms with Crippen LogP contribution in [-0.4, -0.2) is 23.3 Å². The van der Waals surface area contributed by atoms with Gasteiger partial charge in [-0.3, -0.25) is 9.13 Å². The zero-order chi connectivity index (χ0) is 49.4. The van der Waals surface area contributed by atoms with E-state index in [1.807, 2.05) is 0 Å². The van der Waals surface area contributed by atoms with E-state index >= 15 is 0 Å². The van der Waals surface area contributed by atoms with Gasteiger partial charge in [-0.05, 0) is 145 Å². The van der Waals surface area contributed by atoms with E-state index in [1.165, 1.54) is 123 Å². The monoisotopic (exact) mass is 957 g/mol. The number of rotatable bonds is 10. The lowest BCUT2D eigenvalue weighted by Crippen LogP contribution is -2.12. The van der Waals surface area contributed by atoms with E-state index in [-0.39, 0.29) is 5.92 Å². The van der Waals surface area contributed by atoms with Crippen LogP contribution in [0.2, 0.25) is 0 Å². The fourth-order valence-electron chi connectivity index (χ4n) is 13.0. The standard InChI is InChI=1S/C69H59N5/c1-4-45(2)57(48-25-10-6-11-26-48)42-50(41-46(3)47-23-8-5-9-24-47)71-60-33-18-16-31-53(60)58-44-65-59(43-64(58)71)54-32-17-20-35-62(54)73(65)66-37-22-38-67(70-66)74-63-36-21-15-30-52(63)56-40-39-55-51-29-14-19-34-61(51)72(68(55)69(56)74)49-27-12-7-13-28-49/h5-16,18-19,21-31,33-34,36-38,41-46H,4,17,20,32,35,39-40H2,1-3H3/b50-41+,57-42+. The Labute approximate surface area is 433 Å². The van der Waals surface area contributed by atoms with Crippen molar-refractivity contribution in [2.75, 3.05) is 0 Å². The Hall–Kier alpha value is -8.41. The molecule has 74 heavy (non-hydrogen) atoms. The van der Waals surface area contributed by atoms with Gasteiger partial charge in [0.1, 0.15) is 11.6 Å². The van der Waals surface area contributed by atoms with Crippen LogP contribution >= 0.6 is 0 Å². The Morgan fingerprint density at radius 1 is 0.486 bits per heavy atom. The van der Waals surface area contributed by atoms with Gasteiger partial charge in [-0.2, -0.15) is 0 Å². The molecular formula is C69H59N5. The molecule has 2 aliphatic rings. The maximum absolute atomic E-state index is 5.82. The zero-order valence-electron chi connectivity index (χ0n) is 42.5. The highest BCUT2D eigenvalue weighted by Crippen LogP contribution is 2.47. The van der Waals surface area contributed by atoms with E-state index in [4.69, 9.17) is 4.98 Å². The second kappa shape index (κ2) is 18.0. The summed E-state index contributed by atoms with van der Waals surface area (Å²) < 4.78 is 10.1. The summed E-state index contributed by atoms with van der Waals surface area (Å²) >= 11 is 0. The van der Waals surface area contributed by atoms with Gasteiger partial charge >= 0.3 is 0 Å². The molecule has 12 aromatic rings. The third kappa shape index (κ3) is 7.00. The number of hydrogen-bond acceptors (Lipinski definition) is 1. The van der Waals surface area contributed by atoms with Crippen molar-refractivity contribution < 1.29 is 0 Å². The second-order valence-electron chi connectivity index (χ2n) is 20.8. The van der Waals surface area contributed by atoms with Crippen molar-refractivity contribution in [3.05, 3.63) is 240 Å². The van der Waals surface area contributed by atoms with Crippen LogP contribution in [0.15, 0.2) is 206 Å². The predicted molar refractivity (Wildman–Crippen MR) is 310 cm³/mol. The van der Waals surface area contributed by atoms with Gasteiger partial charge in [-0.1, -0.05) is 166 Å². The van der Waals surface area contributed by atoms with E-state index in [0.717, 1.165) is 50.2 Å². The molecule has 5 aromatic heterocycles. The van der Waals surface area contributed by atoms with Crippen molar-refractivity contribution in [1.29, 1.82) is 0 Å². The average Bonchev–Trinajstić information content (AvgIpc) is 4.26. The Morgan fingerprint density at radius 2 is 1.05 bits per heavy atom. The lowest BCUT2D eigenvalue weighted by atomic mass is 9.90. The summed E-state index contributed by atoms with van der Waals surface area (Å²) in [6, 6.07) is 71.7. The first-order valence-corrected chi connectivity index (χ1v) is 27.0. The molecule has 0 radical (unpaired) electrons. The van der Waals surface area contributed by atoms with Gasteiger partial charge in [0, 0.05) is 49.9 Å². The van der Waals surface area contributed by atoms with E-state index in [1.54, 1.807) is 0 Å². The smallest absolute Gasteiger partial charge is 0.140 e. The first kappa shape index (κ1) is 44.3. The van der Waals surface area contributed by atoms with Crippen molar-refractivity contribution in [2.45, 2.75) is 71.6 Å². The molecule has 2 atom stereocenters. The molecule has 0 saturated carbocycles. The minimum atomic E-state index is 0.180. The maximum atomic E-state index is 5.82. The molecule has 0 spiro atoms. The van der Waals surface area contributed by atoms with Crippen LogP contribution in [0.25, 0.3) is 94.5 Å². The number of benzene rings is 7. The maximum Gasteiger partial charge on any atom is 0.140 e. The molecule has 0 amide bonds. The predicted octanol–water partition coefficient (Wildman–Crippen LogP) is 17.4. The topological polar surface area (TPSA) is 32.6 Å². The Balaban J connectivity index is 1.00. The van der Waals surface area contributed by atoms with Gasteiger partial charge in [-0.25, -0.2) is 4.98 Å². The number of para-hydroxylation sites is 4. The van der Waals surface area contributed by atoms with Crippen LogP contribution in [0, 0.1) is 5.92 Å². The normalized spacial score (nSPS) is 14.7. The number of nitrogens with zero attached hydrogens (tertiary/aromatic N) is 5. The van der Waals surface area contributed by atoms with Gasteiger partial charge in [0.05, 0.1) is 39.0 Å². The molecule has 2 unspecified atom stereocenters. The largest absolute Gasteiger partial charge is 0.310 e. The highest BCUT2D eigenvalue weighted by Gasteiger charge is 2.32. The fraction of sp³-hybridized carbons (Fsp3) is 0.174. The third-order valence-electron chi connectivity index (χ3n) is 16.6. The molecular weight excluding hydrogens is 899 g/mol. The summed E-state index contributed by atoms with van der Waals surface area (Å²) in [6.07, 6.45) is 12.4. The number of hydrogen-bond donors (Lipinski definition) is 0. The fourth-order valence-corrected chi connectivity index (χ4v) is 13.0. The van der Waals surface area contributed by atoms with Gasteiger partial charge in [0.25, 0.3) is 0 Å². The number of fused-ring (bicyclic) bond motifs is 13. The summed E-state index contributed by atoms with van der Waals surface area (Å²) in [5, 5.41) is 6.46. The number of allylic oxidation sites excluding steroid dienone is 4. The van der Waals surface area contributed by atoms with Gasteiger partial charge in [0.2, 0.25) is 0 Å². The van der Waals surface area contributed by atoms with Crippen LogP contribution in [0.1, 0.15) is 79.5 Å². The van der Waals surface area contributed by atoms with E-state index in [2.05, 4.69) is 245 Å². The molecule has 5 heteroatoms. The van der Waals surface area contributed by atoms with Crippen molar-refractivity contribution in [3.63, 3.8) is 0 Å². The molecule has 0 N–H and O–H groups in total. The Kier molecular flexibility index (Phi) is 10.8. The van der Waals surface area contributed by atoms with Crippen molar-refractivity contribution >= 4 is 65.8 Å². The van der Waals surface area contributed by atoms with Crippen LogP contribution < -0.4 is 0 Å². The molecule has 7 aromatic carbocycles. The highest BCUT2D eigenvalue weighted by atomic mass is 15.2. The summed E-state index contributed by atoms with van der Waals surface area (Å²) in [7, 11) is 0. The van der Waals surface area contributed by atoms with Crippen LogP contribution in [-0.2, 0) is 25.7 Å². The molecule has 0 bridgehead atoms. The quantitative estimate of drug-likeness (QED) is 0.126. The van der Waals surface area contributed by atoms with Crippen molar-refractivity contribution in [3.8, 4) is 28.7 Å². The van der Waals surface area contributed by atoms with Crippen LogP contribution in [0.3, 0.4) is 0 Å². The average molecular weight is 958 g/mol. The Bertz CT molecular complexity index is 4190. The number of aryl methyl sites for hydroxylation is 3. The van der Waals surface area contributed by atoms with E-state index in [9.17, 15) is 0 Å². The van der Waals surface area contributed by atoms with Crippen molar-refractivity contribution in [2.24, 2.45) is 5.92 Å². The molecule has 0 aliphatic heterocycles. The summed E-state index contributed by atoms with van der Waals surface area (Å²) in [5.74, 6) is 2.44. The van der Waals surface area contributed by atoms with Crippen molar-refractivity contribution in [1.82, 2.24) is 23.3 Å². The van der Waals surface area contributed by atoms with Gasteiger partial charge in [-0.15, -0.1) is 0 Å². The molecule has 14 rings (SSSR count). The molecule has 5 heterocycles. The van der Waals surface area contributed by atoms with E-state index in [0.29, 0.717) is 5.92 Å². The number of pyridine rings is 1. The van der Waals surface area contributed by atoms with E-state index < -0.39 is 0 Å². The van der Waals surface area contributed by atoms with Gasteiger partial charge in [0.15, 0.2) is 0 Å². The number of aromatic nitrogens is 5. The minimum absolute atomic E-state index is 0.180. The molecule has 2 aliphatic carbocycles. The second-order valence-corrected chi connectivity index (χ2v) is 20.8. The summed E-state index contributed by atoms with van der Waals surface area (Å²) in [5.41, 5.74) is 20.6. The molecule has 0 fully saturated rings. The summed E-state index contributed by atoms with van der Waals surface area (Å²) in [6.45, 7) is 7.02. The zero-order valence-corrected chi connectivity index (χ0v) is 42.5. The third-order valence-corrected chi connectivity index (χ3v) is 16.6. The molecule has 5 nitrogen and oxygen atoms in total. The lowest BCUT2D eigenvalue weighted by molar-refractivity contribution is 0.664.